The first-order chi connectivity index (χ1) is 8.74. The number of halogens is 1. The number of amides is 1. The average Bonchev–Trinajstić information content (AvgIpc) is 2.86. The molecule has 0 bridgehead atoms. The van der Waals surface area contributed by atoms with Crippen molar-refractivity contribution in [3.63, 3.8) is 0 Å². The molecular formula is C11H16ClN3O2S. The maximum Gasteiger partial charge on any atom is 0.239 e. The van der Waals surface area contributed by atoms with E-state index in [1.54, 1.807) is 18.4 Å². The van der Waals surface area contributed by atoms with Crippen LogP contribution in [0.3, 0.4) is 0 Å². The van der Waals surface area contributed by atoms with Gasteiger partial charge in [0.1, 0.15) is 11.0 Å². The van der Waals surface area contributed by atoms with Gasteiger partial charge in [-0.05, 0) is 0 Å². The highest BCUT2D eigenvalue weighted by Gasteiger charge is 2.29. The molecule has 0 radical (unpaired) electrons. The van der Waals surface area contributed by atoms with Crippen LogP contribution >= 0.6 is 22.9 Å². The highest BCUT2D eigenvalue weighted by Crippen LogP contribution is 2.17. The molecule has 5 nitrogen and oxygen atoms in total. The van der Waals surface area contributed by atoms with Crippen molar-refractivity contribution >= 4 is 28.8 Å². The van der Waals surface area contributed by atoms with Gasteiger partial charge in [0.25, 0.3) is 0 Å². The van der Waals surface area contributed by atoms with Gasteiger partial charge < -0.3 is 10.1 Å². The van der Waals surface area contributed by atoms with Crippen LogP contribution in [-0.2, 0) is 22.0 Å². The van der Waals surface area contributed by atoms with Crippen molar-refractivity contribution in [2.75, 3.05) is 26.8 Å². The number of hydrogen-bond donors (Lipinski definition) is 1. The minimum Gasteiger partial charge on any atom is -0.378 e. The van der Waals surface area contributed by atoms with Crippen LogP contribution in [-0.4, -0.2) is 48.6 Å². The first kappa shape index (κ1) is 13.7. The van der Waals surface area contributed by atoms with Gasteiger partial charge in [-0.15, -0.1) is 22.9 Å². The van der Waals surface area contributed by atoms with Gasteiger partial charge in [-0.25, -0.2) is 4.98 Å². The van der Waals surface area contributed by atoms with Crippen molar-refractivity contribution in [3.8, 4) is 0 Å². The molecule has 2 rings (SSSR count). The summed E-state index contributed by atoms with van der Waals surface area (Å²) in [4.78, 5) is 18.3. The van der Waals surface area contributed by atoms with Crippen LogP contribution in [0.2, 0.25) is 0 Å². The number of alkyl halides is 1. The number of morpholine rings is 1. The molecule has 2 heterocycles. The second-order valence-corrected chi connectivity index (χ2v) is 5.25. The number of aromatic nitrogens is 1. The fourth-order valence-corrected chi connectivity index (χ4v) is 2.94. The molecular weight excluding hydrogens is 274 g/mol. The highest BCUT2D eigenvalue weighted by atomic mass is 35.5. The zero-order valence-corrected chi connectivity index (χ0v) is 11.8. The smallest absolute Gasteiger partial charge is 0.239 e. The number of carbonyl (C=O) groups excluding carboxylic acids is 1. The van der Waals surface area contributed by atoms with Crippen molar-refractivity contribution in [2.24, 2.45) is 0 Å². The molecule has 1 N–H and O–H groups in total. The van der Waals surface area contributed by atoms with Crippen LogP contribution in [0, 0.1) is 0 Å². The number of likely N-dealkylation sites (N-methyl/N-ethyl adjacent to an activating group) is 1. The van der Waals surface area contributed by atoms with Crippen LogP contribution in [0.4, 0.5) is 0 Å². The summed E-state index contributed by atoms with van der Waals surface area (Å²) in [6.45, 7) is 2.51. The zero-order chi connectivity index (χ0) is 13.0. The van der Waals surface area contributed by atoms with Crippen LogP contribution < -0.4 is 5.32 Å². The lowest BCUT2D eigenvalue weighted by Crippen LogP contribution is -2.52. The number of ether oxygens (including phenoxy) is 1. The lowest BCUT2D eigenvalue weighted by atomic mass is 10.2. The van der Waals surface area contributed by atoms with Gasteiger partial charge in [-0.2, -0.15) is 0 Å². The molecule has 1 aromatic heterocycles. The van der Waals surface area contributed by atoms with E-state index in [0.29, 0.717) is 25.6 Å². The van der Waals surface area contributed by atoms with E-state index in [2.05, 4.69) is 15.2 Å². The molecule has 1 aliphatic heterocycles. The summed E-state index contributed by atoms with van der Waals surface area (Å²) in [5.74, 6) is 0.419. The van der Waals surface area contributed by atoms with E-state index in [4.69, 9.17) is 16.3 Å². The Hall–Kier alpha value is -0.690. The Kier molecular flexibility index (Phi) is 4.94. The van der Waals surface area contributed by atoms with Crippen molar-refractivity contribution in [1.82, 2.24) is 15.2 Å². The van der Waals surface area contributed by atoms with Gasteiger partial charge >= 0.3 is 0 Å². The summed E-state index contributed by atoms with van der Waals surface area (Å²) >= 11 is 7.31. The van der Waals surface area contributed by atoms with Gasteiger partial charge in [-0.1, -0.05) is 0 Å². The Morgan fingerprint density at radius 1 is 1.78 bits per heavy atom. The van der Waals surface area contributed by atoms with Crippen molar-refractivity contribution in [1.29, 1.82) is 0 Å². The van der Waals surface area contributed by atoms with Crippen molar-refractivity contribution < 1.29 is 9.53 Å². The third kappa shape index (κ3) is 3.20. The summed E-state index contributed by atoms with van der Waals surface area (Å²) in [6.07, 6.45) is 0. The minimum absolute atomic E-state index is 0.0103. The largest absolute Gasteiger partial charge is 0.378 e. The van der Waals surface area contributed by atoms with Gasteiger partial charge in [-0.3, -0.25) is 9.69 Å². The third-order valence-electron chi connectivity index (χ3n) is 2.86. The van der Waals surface area contributed by atoms with Crippen LogP contribution in [0.25, 0.3) is 0 Å². The number of rotatable bonds is 4. The van der Waals surface area contributed by atoms with Gasteiger partial charge in [0, 0.05) is 19.0 Å². The van der Waals surface area contributed by atoms with E-state index in [-0.39, 0.29) is 11.9 Å². The lowest BCUT2D eigenvalue weighted by Gasteiger charge is -2.33. The number of nitrogens with zero attached hydrogens (tertiary/aromatic N) is 2. The third-order valence-corrected chi connectivity index (χ3v) is 4.02. The molecule has 1 fully saturated rings. The predicted molar refractivity (Wildman–Crippen MR) is 70.8 cm³/mol. The maximum absolute atomic E-state index is 11.8. The Morgan fingerprint density at radius 3 is 3.28 bits per heavy atom. The van der Waals surface area contributed by atoms with E-state index < -0.39 is 0 Å². The molecule has 0 saturated carbocycles. The minimum atomic E-state index is -0.230. The van der Waals surface area contributed by atoms with E-state index in [1.807, 2.05) is 5.38 Å². The standard InChI is InChI=1S/C11H16ClN3O2S/c1-13-11(16)9-6-17-3-2-15(9)5-10-14-8(4-12)7-18-10/h7,9H,2-6H2,1H3,(H,13,16). The van der Waals surface area contributed by atoms with Crippen molar-refractivity contribution in [2.45, 2.75) is 18.5 Å². The predicted octanol–water partition coefficient (Wildman–Crippen LogP) is 0.829. The van der Waals surface area contributed by atoms with E-state index in [9.17, 15) is 4.79 Å². The SMILES string of the molecule is CNC(=O)C1COCCN1Cc1nc(CCl)cs1. The van der Waals surface area contributed by atoms with Crippen LogP contribution in [0.5, 0.6) is 0 Å². The molecule has 100 valence electrons. The van der Waals surface area contributed by atoms with Crippen LogP contribution in [0.1, 0.15) is 10.7 Å². The van der Waals surface area contributed by atoms with E-state index in [1.165, 1.54) is 0 Å². The quantitative estimate of drug-likeness (QED) is 0.834. The maximum atomic E-state index is 11.8. The highest BCUT2D eigenvalue weighted by molar-refractivity contribution is 7.09. The first-order valence-corrected chi connectivity index (χ1v) is 7.18. The number of hydrogen-bond acceptors (Lipinski definition) is 5. The summed E-state index contributed by atoms with van der Waals surface area (Å²) < 4.78 is 5.36. The molecule has 0 aromatic carbocycles. The summed E-state index contributed by atoms with van der Waals surface area (Å²) in [5, 5.41) is 5.61. The second-order valence-electron chi connectivity index (χ2n) is 4.04. The van der Waals surface area contributed by atoms with Gasteiger partial charge in [0.15, 0.2) is 0 Å². The molecule has 1 atom stereocenters. The normalized spacial score (nSPS) is 20.9. The Morgan fingerprint density at radius 2 is 2.61 bits per heavy atom. The van der Waals surface area contributed by atoms with Gasteiger partial charge in [0.2, 0.25) is 5.91 Å². The molecule has 0 aliphatic carbocycles. The molecule has 7 heteroatoms. The van der Waals surface area contributed by atoms with E-state index in [0.717, 1.165) is 17.2 Å². The average molecular weight is 290 g/mol. The molecule has 1 aliphatic rings. The molecule has 1 aromatic rings. The van der Waals surface area contributed by atoms with Crippen LogP contribution in [0.15, 0.2) is 5.38 Å². The van der Waals surface area contributed by atoms with Gasteiger partial charge in [0.05, 0.1) is 31.3 Å². The fraction of sp³-hybridized carbons (Fsp3) is 0.636. The molecule has 1 amide bonds. The zero-order valence-electron chi connectivity index (χ0n) is 10.2. The number of carbonyl (C=O) groups is 1. The monoisotopic (exact) mass is 289 g/mol. The molecule has 18 heavy (non-hydrogen) atoms. The molecule has 1 unspecified atom stereocenters. The number of nitrogens with one attached hydrogen (secondary N) is 1. The summed E-state index contributed by atoms with van der Waals surface area (Å²) in [5.41, 5.74) is 0.890. The number of thiazole rings is 1. The van der Waals surface area contributed by atoms with E-state index >= 15 is 0 Å². The Balaban J connectivity index is 2.02. The molecule has 1 saturated heterocycles. The summed E-state index contributed by atoms with van der Waals surface area (Å²) in [7, 11) is 1.64. The Bertz CT molecular complexity index is 413. The fourth-order valence-electron chi connectivity index (χ4n) is 1.89. The van der Waals surface area contributed by atoms with Crippen molar-refractivity contribution in [3.05, 3.63) is 16.1 Å². The topological polar surface area (TPSA) is 54.5 Å². The molecule has 0 spiro atoms. The summed E-state index contributed by atoms with van der Waals surface area (Å²) in [6, 6.07) is -0.230. The second kappa shape index (κ2) is 6.47. The lowest BCUT2D eigenvalue weighted by molar-refractivity contribution is -0.132. The first-order valence-electron chi connectivity index (χ1n) is 5.77. The Labute approximate surface area is 115 Å².